The Morgan fingerprint density at radius 1 is 1.09 bits per heavy atom. The summed E-state index contributed by atoms with van der Waals surface area (Å²) in [7, 11) is 1.57. The first kappa shape index (κ1) is 30.8. The lowest BCUT2D eigenvalue weighted by Crippen LogP contribution is -2.52. The van der Waals surface area contributed by atoms with E-state index in [4.69, 9.17) is 9.47 Å². The Bertz CT molecular complexity index is 1550. The lowest BCUT2D eigenvalue weighted by atomic mass is 10.0. The van der Waals surface area contributed by atoms with E-state index in [-0.39, 0.29) is 43.2 Å². The van der Waals surface area contributed by atoms with Gasteiger partial charge in [0.1, 0.15) is 11.9 Å². The molecule has 232 valence electrons. The molecule has 2 N–H and O–H groups in total. The molecule has 0 saturated heterocycles. The third-order valence-electron chi connectivity index (χ3n) is 8.04. The molecule has 1 atom stereocenters. The molecule has 1 aliphatic carbocycles. The molecular formula is C33H39N5O6. The zero-order chi connectivity index (χ0) is 31.2. The van der Waals surface area contributed by atoms with E-state index < -0.39 is 11.9 Å². The van der Waals surface area contributed by atoms with Gasteiger partial charge in [-0.15, -0.1) is 0 Å². The fraction of sp³-hybridized carbons (Fsp3) is 0.424. The third kappa shape index (κ3) is 6.77. The van der Waals surface area contributed by atoms with Crippen molar-refractivity contribution < 1.29 is 28.7 Å². The quantitative estimate of drug-likeness (QED) is 0.471. The fourth-order valence-corrected chi connectivity index (χ4v) is 5.73. The second kappa shape index (κ2) is 13.7. The summed E-state index contributed by atoms with van der Waals surface area (Å²) in [6.07, 6.45) is 5.55. The van der Waals surface area contributed by atoms with Crippen molar-refractivity contribution in [1.82, 2.24) is 25.1 Å². The van der Waals surface area contributed by atoms with Crippen molar-refractivity contribution in [2.45, 2.75) is 52.1 Å². The predicted molar refractivity (Wildman–Crippen MR) is 164 cm³/mol. The number of rotatable bonds is 3. The van der Waals surface area contributed by atoms with Crippen molar-refractivity contribution in [3.63, 3.8) is 0 Å². The molecule has 0 spiro atoms. The monoisotopic (exact) mass is 601 g/mol. The summed E-state index contributed by atoms with van der Waals surface area (Å²) in [6.45, 7) is 5.00. The Balaban J connectivity index is 1.43. The van der Waals surface area contributed by atoms with Crippen LogP contribution in [0.1, 0.15) is 59.4 Å². The Hall–Kier alpha value is -4.67. The summed E-state index contributed by atoms with van der Waals surface area (Å²) in [6, 6.07) is 10.0. The van der Waals surface area contributed by atoms with Gasteiger partial charge in [0.15, 0.2) is 17.3 Å². The summed E-state index contributed by atoms with van der Waals surface area (Å²) in [5, 5.41) is 5.79. The van der Waals surface area contributed by atoms with Gasteiger partial charge in [-0.1, -0.05) is 26.0 Å². The summed E-state index contributed by atoms with van der Waals surface area (Å²) in [5.41, 5.74) is 2.55. The lowest BCUT2D eigenvalue weighted by Gasteiger charge is -2.26. The van der Waals surface area contributed by atoms with Gasteiger partial charge < -0.3 is 29.6 Å². The van der Waals surface area contributed by atoms with Crippen LogP contribution in [-0.4, -0.2) is 77.3 Å². The number of fused-ring (bicyclic) bond motifs is 5. The van der Waals surface area contributed by atoms with Crippen molar-refractivity contribution in [2.75, 3.05) is 33.4 Å². The number of carbonyl (C=O) groups is 4. The maximum absolute atomic E-state index is 13.9. The number of Topliss-reactive ketones (excluding diaryl/α,β-unsaturated/α-hetero) is 1. The van der Waals surface area contributed by atoms with Crippen LogP contribution in [0.5, 0.6) is 11.5 Å². The smallest absolute Gasteiger partial charge is 0.254 e. The number of nitrogens with zero attached hydrogens (tertiary/aromatic N) is 3. The minimum absolute atomic E-state index is 0.0146. The van der Waals surface area contributed by atoms with Crippen LogP contribution in [0.15, 0.2) is 48.8 Å². The number of amides is 3. The summed E-state index contributed by atoms with van der Waals surface area (Å²) >= 11 is 0. The van der Waals surface area contributed by atoms with E-state index in [0.29, 0.717) is 67.0 Å². The Labute approximate surface area is 256 Å². The van der Waals surface area contributed by atoms with E-state index in [9.17, 15) is 19.2 Å². The largest absolute Gasteiger partial charge is 0.493 e. The summed E-state index contributed by atoms with van der Waals surface area (Å²) in [4.78, 5) is 58.7. The van der Waals surface area contributed by atoms with Crippen molar-refractivity contribution in [2.24, 2.45) is 5.92 Å². The molecule has 0 saturated carbocycles. The molecule has 3 aromatic rings. The molecule has 2 aliphatic rings. The number of aryl methyl sites for hydroxylation is 1. The van der Waals surface area contributed by atoms with Crippen molar-refractivity contribution >= 4 is 23.5 Å². The number of methoxy groups -OCH3 is 1. The zero-order valence-corrected chi connectivity index (χ0v) is 25.4. The highest BCUT2D eigenvalue weighted by molar-refractivity contribution is 6.06. The first-order valence-corrected chi connectivity index (χ1v) is 15.1. The number of imidazole rings is 1. The molecular weight excluding hydrogens is 562 g/mol. The van der Waals surface area contributed by atoms with Crippen LogP contribution in [0.3, 0.4) is 0 Å². The van der Waals surface area contributed by atoms with E-state index in [1.165, 1.54) is 4.90 Å². The molecule has 44 heavy (non-hydrogen) atoms. The number of benzene rings is 2. The summed E-state index contributed by atoms with van der Waals surface area (Å²) < 4.78 is 13.7. The van der Waals surface area contributed by atoms with Gasteiger partial charge in [0.25, 0.3) is 5.91 Å². The van der Waals surface area contributed by atoms with Crippen LogP contribution in [0.2, 0.25) is 0 Å². The van der Waals surface area contributed by atoms with Gasteiger partial charge in [0.2, 0.25) is 11.8 Å². The number of carbonyl (C=O) groups excluding carboxylic acids is 4. The molecule has 1 aromatic heterocycles. The third-order valence-corrected chi connectivity index (χ3v) is 8.04. The highest BCUT2D eigenvalue weighted by atomic mass is 16.5. The zero-order valence-electron chi connectivity index (χ0n) is 25.4. The maximum atomic E-state index is 13.9. The van der Waals surface area contributed by atoms with Gasteiger partial charge in [-0.05, 0) is 55.0 Å². The Morgan fingerprint density at radius 2 is 1.93 bits per heavy atom. The van der Waals surface area contributed by atoms with Gasteiger partial charge in [-0.25, -0.2) is 4.98 Å². The van der Waals surface area contributed by atoms with Crippen molar-refractivity contribution in [3.05, 3.63) is 65.5 Å². The molecule has 11 nitrogen and oxygen atoms in total. The number of ketones is 1. The average Bonchev–Trinajstić information content (AvgIpc) is 3.65. The average molecular weight is 602 g/mol. The normalized spacial score (nSPS) is 18.2. The number of hydrogen-bond donors (Lipinski definition) is 2. The predicted octanol–water partition coefficient (Wildman–Crippen LogP) is 3.26. The molecule has 0 unspecified atom stereocenters. The molecule has 5 rings (SSSR count). The van der Waals surface area contributed by atoms with E-state index in [2.05, 4.69) is 15.6 Å². The van der Waals surface area contributed by atoms with Gasteiger partial charge >= 0.3 is 0 Å². The van der Waals surface area contributed by atoms with E-state index in [1.54, 1.807) is 31.5 Å². The minimum Gasteiger partial charge on any atom is -0.493 e. The first-order valence-electron chi connectivity index (χ1n) is 15.1. The van der Waals surface area contributed by atoms with Gasteiger partial charge in [0.05, 0.1) is 20.3 Å². The number of ether oxygens (including phenoxy) is 2. The highest BCUT2D eigenvalue weighted by Crippen LogP contribution is 2.32. The van der Waals surface area contributed by atoms with Crippen LogP contribution in [0.25, 0.3) is 11.4 Å². The Morgan fingerprint density at radius 3 is 2.73 bits per heavy atom. The van der Waals surface area contributed by atoms with Crippen LogP contribution in [0, 0.1) is 5.92 Å². The number of aromatic nitrogens is 2. The molecule has 2 bridgehead atoms. The second-order valence-electron chi connectivity index (χ2n) is 11.4. The maximum Gasteiger partial charge on any atom is 0.254 e. The van der Waals surface area contributed by atoms with Crippen LogP contribution < -0.4 is 20.1 Å². The van der Waals surface area contributed by atoms with Crippen molar-refractivity contribution in [3.8, 4) is 22.9 Å². The number of nitrogens with one attached hydrogen (secondary N) is 2. The van der Waals surface area contributed by atoms with E-state index in [1.807, 2.05) is 42.8 Å². The van der Waals surface area contributed by atoms with Gasteiger partial charge in [-0.2, -0.15) is 0 Å². The molecule has 2 aromatic carbocycles. The molecule has 3 amide bonds. The van der Waals surface area contributed by atoms with Gasteiger partial charge in [0, 0.05) is 55.1 Å². The molecule has 0 fully saturated rings. The number of hydrogen-bond acceptors (Lipinski definition) is 7. The fourth-order valence-electron chi connectivity index (χ4n) is 5.73. The molecule has 0 radical (unpaired) electrons. The lowest BCUT2D eigenvalue weighted by molar-refractivity contribution is -0.130. The molecule has 2 heterocycles. The minimum atomic E-state index is -0.763. The van der Waals surface area contributed by atoms with Crippen LogP contribution in [-0.2, 0) is 22.6 Å². The molecule has 1 aliphatic heterocycles. The molecule has 11 heteroatoms. The second-order valence-corrected chi connectivity index (χ2v) is 11.4. The van der Waals surface area contributed by atoms with E-state index in [0.717, 1.165) is 11.4 Å². The van der Waals surface area contributed by atoms with Crippen molar-refractivity contribution in [1.29, 1.82) is 0 Å². The first-order chi connectivity index (χ1) is 21.3. The Kier molecular flexibility index (Phi) is 9.62. The highest BCUT2D eigenvalue weighted by Gasteiger charge is 2.29. The van der Waals surface area contributed by atoms with E-state index >= 15 is 0 Å². The SMILES string of the molecule is COc1ccc2cc1OCCCN(C(=O)c1cccc3c1CCC3=O)CC(=O)N[C@H](C(C)C)C(=O)NCCCn1ccnc1-2. The standard InChI is InChI=1S/C33H39N5O6/c1-21(2)30-32(41)35-13-5-15-37-17-14-34-31(37)22-9-12-27(43-3)28(19-22)44-18-6-16-38(20-29(40)36-30)33(42)25-8-4-7-24-23(25)10-11-26(24)39/h4,7-9,12,14,17,19,21,30H,5-6,10-11,13,15-16,18,20H2,1-3H3,(H,35,41)(H,36,40)/t30-/m1/s1. The van der Waals surface area contributed by atoms with Gasteiger partial charge in [-0.3, -0.25) is 19.2 Å². The van der Waals surface area contributed by atoms with Crippen LogP contribution in [0.4, 0.5) is 0 Å². The summed E-state index contributed by atoms with van der Waals surface area (Å²) in [5.74, 6) is 0.664. The van der Waals surface area contributed by atoms with Crippen LogP contribution >= 0.6 is 0 Å². The topological polar surface area (TPSA) is 132 Å².